The number of hydrogen-bond donors (Lipinski definition) is 2. The summed E-state index contributed by atoms with van der Waals surface area (Å²) in [7, 11) is 0. The van der Waals surface area contributed by atoms with E-state index in [9.17, 15) is 4.79 Å². The molecule has 1 aliphatic heterocycles. The lowest BCUT2D eigenvalue weighted by Gasteiger charge is -2.41. The predicted molar refractivity (Wildman–Crippen MR) is 68.4 cm³/mol. The number of piperidine rings is 1. The summed E-state index contributed by atoms with van der Waals surface area (Å²) in [6.07, 6.45) is 9.17. The van der Waals surface area contributed by atoms with Crippen LogP contribution in [0.2, 0.25) is 0 Å². The van der Waals surface area contributed by atoms with Crippen molar-refractivity contribution in [1.82, 2.24) is 4.90 Å². The van der Waals surface area contributed by atoms with Crippen molar-refractivity contribution in [1.29, 1.82) is 0 Å². The topological polar surface area (TPSA) is 72.4 Å². The van der Waals surface area contributed by atoms with Gasteiger partial charge in [-0.25, -0.2) is 0 Å². The quantitative estimate of drug-likeness (QED) is 0.706. The van der Waals surface area contributed by atoms with Gasteiger partial charge in [-0.15, -0.1) is 0 Å². The molecule has 17 heavy (non-hydrogen) atoms. The standard InChI is InChI=1S/C13H25N3O/c14-10-6-2-1-3-7-11(10)16-9-5-4-8-12(16)13(15)17/h10-12H,1-9,14H2,(H2,15,17). The Hall–Kier alpha value is -0.610. The number of hydrogen-bond acceptors (Lipinski definition) is 3. The fourth-order valence-electron chi connectivity index (χ4n) is 3.38. The molecule has 3 atom stereocenters. The molecule has 0 radical (unpaired) electrons. The van der Waals surface area contributed by atoms with Gasteiger partial charge in [0.05, 0.1) is 6.04 Å². The maximum atomic E-state index is 11.5. The van der Waals surface area contributed by atoms with Crippen LogP contribution >= 0.6 is 0 Å². The number of carbonyl (C=O) groups excluding carboxylic acids is 1. The molecule has 1 heterocycles. The lowest BCUT2D eigenvalue weighted by atomic mass is 9.94. The molecule has 98 valence electrons. The molecular weight excluding hydrogens is 214 g/mol. The monoisotopic (exact) mass is 239 g/mol. The Morgan fingerprint density at radius 2 is 1.71 bits per heavy atom. The Kier molecular flexibility index (Phi) is 4.40. The van der Waals surface area contributed by atoms with Crippen LogP contribution < -0.4 is 11.5 Å². The highest BCUT2D eigenvalue weighted by molar-refractivity contribution is 5.80. The van der Waals surface area contributed by atoms with Gasteiger partial charge < -0.3 is 11.5 Å². The van der Waals surface area contributed by atoms with E-state index in [4.69, 9.17) is 11.5 Å². The summed E-state index contributed by atoms with van der Waals surface area (Å²) in [6, 6.07) is 0.519. The van der Waals surface area contributed by atoms with Crippen molar-refractivity contribution in [3.63, 3.8) is 0 Å². The molecular formula is C13H25N3O. The largest absolute Gasteiger partial charge is 0.368 e. The lowest BCUT2D eigenvalue weighted by molar-refractivity contribution is -0.125. The van der Waals surface area contributed by atoms with E-state index < -0.39 is 0 Å². The van der Waals surface area contributed by atoms with Gasteiger partial charge in [0, 0.05) is 12.1 Å². The van der Waals surface area contributed by atoms with E-state index in [1.165, 1.54) is 25.7 Å². The highest BCUT2D eigenvalue weighted by Crippen LogP contribution is 2.27. The highest BCUT2D eigenvalue weighted by atomic mass is 16.1. The molecule has 1 saturated carbocycles. The summed E-state index contributed by atoms with van der Waals surface area (Å²) in [5, 5.41) is 0. The Labute approximate surface area is 104 Å². The molecule has 4 heteroatoms. The van der Waals surface area contributed by atoms with Gasteiger partial charge >= 0.3 is 0 Å². The maximum absolute atomic E-state index is 11.5. The Morgan fingerprint density at radius 3 is 2.47 bits per heavy atom. The van der Waals surface area contributed by atoms with Crippen molar-refractivity contribution in [2.75, 3.05) is 6.54 Å². The van der Waals surface area contributed by atoms with E-state index in [2.05, 4.69) is 4.90 Å². The molecule has 0 aromatic rings. The number of nitrogens with zero attached hydrogens (tertiary/aromatic N) is 1. The summed E-state index contributed by atoms with van der Waals surface area (Å²) in [5.41, 5.74) is 11.8. The van der Waals surface area contributed by atoms with Gasteiger partial charge in [-0.1, -0.05) is 25.7 Å². The first kappa shape index (κ1) is 12.8. The minimum atomic E-state index is -0.166. The van der Waals surface area contributed by atoms with Crippen LogP contribution in [-0.2, 0) is 4.79 Å². The Morgan fingerprint density at radius 1 is 1.00 bits per heavy atom. The van der Waals surface area contributed by atoms with E-state index in [0.29, 0.717) is 6.04 Å². The first-order valence-corrected chi connectivity index (χ1v) is 7.01. The number of nitrogens with two attached hydrogens (primary N) is 2. The van der Waals surface area contributed by atoms with Crippen LogP contribution in [0.4, 0.5) is 0 Å². The molecule has 4 N–H and O–H groups in total. The van der Waals surface area contributed by atoms with Crippen molar-refractivity contribution < 1.29 is 4.79 Å². The van der Waals surface area contributed by atoms with E-state index in [1.807, 2.05) is 0 Å². The van der Waals surface area contributed by atoms with Gasteiger partial charge in [0.15, 0.2) is 0 Å². The molecule has 2 aliphatic rings. The van der Waals surface area contributed by atoms with Crippen LogP contribution in [0.3, 0.4) is 0 Å². The van der Waals surface area contributed by atoms with E-state index in [0.717, 1.165) is 32.2 Å². The molecule has 4 nitrogen and oxygen atoms in total. The molecule has 1 aliphatic carbocycles. The van der Waals surface area contributed by atoms with Gasteiger partial charge in [0.2, 0.25) is 5.91 Å². The van der Waals surface area contributed by atoms with Crippen molar-refractivity contribution >= 4 is 5.91 Å². The number of amides is 1. The molecule has 0 aromatic carbocycles. The van der Waals surface area contributed by atoms with Crippen molar-refractivity contribution in [3.05, 3.63) is 0 Å². The predicted octanol–water partition coefficient (Wildman–Crippen LogP) is 0.986. The van der Waals surface area contributed by atoms with Crippen LogP contribution in [0.1, 0.15) is 51.4 Å². The maximum Gasteiger partial charge on any atom is 0.234 e. The third-order valence-corrected chi connectivity index (χ3v) is 4.33. The zero-order valence-corrected chi connectivity index (χ0v) is 10.6. The second-order valence-corrected chi connectivity index (χ2v) is 5.52. The second kappa shape index (κ2) is 5.83. The zero-order valence-electron chi connectivity index (χ0n) is 10.6. The molecule has 0 bridgehead atoms. The smallest absolute Gasteiger partial charge is 0.234 e. The second-order valence-electron chi connectivity index (χ2n) is 5.52. The third-order valence-electron chi connectivity index (χ3n) is 4.33. The first-order chi connectivity index (χ1) is 8.20. The van der Waals surface area contributed by atoms with Gasteiger partial charge in [0.1, 0.15) is 0 Å². The summed E-state index contributed by atoms with van der Waals surface area (Å²) in [4.78, 5) is 13.8. The highest BCUT2D eigenvalue weighted by Gasteiger charge is 2.35. The Balaban J connectivity index is 2.08. The van der Waals surface area contributed by atoms with Crippen LogP contribution in [0.25, 0.3) is 0 Å². The fourth-order valence-corrected chi connectivity index (χ4v) is 3.38. The SMILES string of the molecule is NC(=O)C1CCCCN1C1CCCCCC1N. The Bertz CT molecular complexity index is 269. The normalized spacial score (nSPS) is 36.4. The lowest BCUT2D eigenvalue weighted by Crippen LogP contribution is -2.57. The minimum Gasteiger partial charge on any atom is -0.368 e. The average molecular weight is 239 g/mol. The molecule has 1 amide bonds. The minimum absolute atomic E-state index is 0.0714. The average Bonchev–Trinajstić information content (AvgIpc) is 2.54. The molecule has 0 spiro atoms. The van der Waals surface area contributed by atoms with Gasteiger partial charge in [0.25, 0.3) is 0 Å². The first-order valence-electron chi connectivity index (χ1n) is 7.01. The summed E-state index contributed by atoms with van der Waals surface area (Å²) in [5.74, 6) is -0.166. The molecule has 3 unspecified atom stereocenters. The van der Waals surface area contributed by atoms with Crippen LogP contribution in [0, 0.1) is 0 Å². The molecule has 1 saturated heterocycles. The van der Waals surface area contributed by atoms with E-state index in [-0.39, 0.29) is 18.0 Å². The fraction of sp³-hybridized carbons (Fsp3) is 0.923. The number of rotatable bonds is 2. The molecule has 2 rings (SSSR count). The van der Waals surface area contributed by atoms with E-state index >= 15 is 0 Å². The number of carbonyl (C=O) groups is 1. The number of primary amides is 1. The van der Waals surface area contributed by atoms with Gasteiger partial charge in [-0.3, -0.25) is 9.69 Å². The van der Waals surface area contributed by atoms with Gasteiger partial charge in [-0.2, -0.15) is 0 Å². The van der Waals surface area contributed by atoms with Crippen molar-refractivity contribution in [2.45, 2.75) is 69.5 Å². The van der Waals surface area contributed by atoms with Crippen LogP contribution in [-0.4, -0.2) is 35.5 Å². The van der Waals surface area contributed by atoms with E-state index in [1.54, 1.807) is 0 Å². The third kappa shape index (κ3) is 2.99. The zero-order chi connectivity index (χ0) is 12.3. The van der Waals surface area contributed by atoms with Gasteiger partial charge in [-0.05, 0) is 32.2 Å². The number of likely N-dealkylation sites (tertiary alicyclic amines) is 1. The summed E-state index contributed by atoms with van der Waals surface area (Å²) >= 11 is 0. The van der Waals surface area contributed by atoms with Crippen molar-refractivity contribution in [2.24, 2.45) is 11.5 Å². The van der Waals surface area contributed by atoms with Crippen molar-refractivity contribution in [3.8, 4) is 0 Å². The van der Waals surface area contributed by atoms with Crippen LogP contribution in [0.5, 0.6) is 0 Å². The molecule has 0 aromatic heterocycles. The molecule has 2 fully saturated rings. The summed E-state index contributed by atoms with van der Waals surface area (Å²) < 4.78 is 0. The summed E-state index contributed by atoms with van der Waals surface area (Å²) in [6.45, 7) is 0.992. The van der Waals surface area contributed by atoms with Crippen LogP contribution in [0.15, 0.2) is 0 Å².